The van der Waals surface area contributed by atoms with E-state index in [4.69, 9.17) is 11.6 Å². The van der Waals surface area contributed by atoms with E-state index in [2.05, 4.69) is 25.3 Å². The van der Waals surface area contributed by atoms with Crippen molar-refractivity contribution in [3.8, 4) is 0 Å². The summed E-state index contributed by atoms with van der Waals surface area (Å²) in [4.78, 5) is 15.8. The highest BCUT2D eigenvalue weighted by Gasteiger charge is 2.07. The van der Waals surface area contributed by atoms with Gasteiger partial charge in [-0.05, 0) is 24.6 Å². The summed E-state index contributed by atoms with van der Waals surface area (Å²) in [5, 5.41) is 3.99. The molecule has 0 amide bonds. The third kappa shape index (κ3) is 2.51. The Labute approximate surface area is 115 Å². The van der Waals surface area contributed by atoms with Gasteiger partial charge in [-0.15, -0.1) is 0 Å². The summed E-state index contributed by atoms with van der Waals surface area (Å²) < 4.78 is 0. The van der Waals surface area contributed by atoms with Crippen molar-refractivity contribution in [3.63, 3.8) is 0 Å². The molecule has 3 rings (SSSR count). The van der Waals surface area contributed by atoms with E-state index in [9.17, 15) is 0 Å². The number of nitrogens with one attached hydrogen (secondary N) is 2. The van der Waals surface area contributed by atoms with E-state index in [1.54, 1.807) is 0 Å². The molecule has 3 aromatic rings. The number of nitrogens with zero attached hydrogens (tertiary/aromatic N) is 3. The number of fused-ring (bicyclic) bond motifs is 1. The predicted molar refractivity (Wildman–Crippen MR) is 75.2 cm³/mol. The number of aromatic amines is 1. The minimum absolute atomic E-state index is 0.644. The monoisotopic (exact) mass is 273 g/mol. The SMILES string of the molecule is Cc1nc2ncnc(NCc3cccc(Cl)c3)c2[nH]1. The van der Waals surface area contributed by atoms with E-state index in [1.165, 1.54) is 6.33 Å². The van der Waals surface area contributed by atoms with Gasteiger partial charge in [0.2, 0.25) is 0 Å². The number of hydrogen-bond donors (Lipinski definition) is 2. The van der Waals surface area contributed by atoms with Crippen LogP contribution in [0.5, 0.6) is 0 Å². The van der Waals surface area contributed by atoms with Gasteiger partial charge in [0, 0.05) is 11.6 Å². The first-order valence-corrected chi connectivity index (χ1v) is 6.26. The van der Waals surface area contributed by atoms with E-state index in [0.29, 0.717) is 12.2 Å². The molecule has 5 nitrogen and oxygen atoms in total. The molecule has 2 N–H and O–H groups in total. The molecule has 2 heterocycles. The summed E-state index contributed by atoms with van der Waals surface area (Å²) in [6.07, 6.45) is 1.50. The van der Waals surface area contributed by atoms with E-state index in [0.717, 1.165) is 27.7 Å². The summed E-state index contributed by atoms with van der Waals surface area (Å²) in [5.41, 5.74) is 2.58. The molecule has 0 unspecified atom stereocenters. The van der Waals surface area contributed by atoms with Crippen molar-refractivity contribution in [2.45, 2.75) is 13.5 Å². The van der Waals surface area contributed by atoms with E-state index < -0.39 is 0 Å². The van der Waals surface area contributed by atoms with Gasteiger partial charge in [0.1, 0.15) is 17.7 Å². The minimum atomic E-state index is 0.644. The number of H-pyrrole nitrogens is 1. The predicted octanol–water partition coefficient (Wildman–Crippen LogP) is 2.93. The quantitative estimate of drug-likeness (QED) is 0.770. The molecule has 0 spiro atoms. The Morgan fingerprint density at radius 1 is 1.32 bits per heavy atom. The number of aromatic nitrogens is 4. The molecule has 0 aliphatic heterocycles. The smallest absolute Gasteiger partial charge is 0.183 e. The Bertz CT molecular complexity index is 722. The largest absolute Gasteiger partial charge is 0.364 e. The summed E-state index contributed by atoms with van der Waals surface area (Å²) in [6, 6.07) is 7.71. The number of anilines is 1. The van der Waals surface area contributed by atoms with Crippen LogP contribution in [0.3, 0.4) is 0 Å². The maximum Gasteiger partial charge on any atom is 0.183 e. The number of rotatable bonds is 3. The van der Waals surface area contributed by atoms with Gasteiger partial charge in [0.05, 0.1) is 0 Å². The summed E-state index contributed by atoms with van der Waals surface area (Å²) in [5.74, 6) is 1.56. The highest BCUT2D eigenvalue weighted by molar-refractivity contribution is 6.30. The van der Waals surface area contributed by atoms with Gasteiger partial charge in [-0.1, -0.05) is 23.7 Å². The molecule has 19 heavy (non-hydrogen) atoms. The Morgan fingerprint density at radius 2 is 2.21 bits per heavy atom. The minimum Gasteiger partial charge on any atom is -0.364 e. The molecule has 96 valence electrons. The third-order valence-electron chi connectivity index (χ3n) is 2.76. The molecule has 0 atom stereocenters. The van der Waals surface area contributed by atoms with Crippen LogP contribution in [-0.2, 0) is 6.54 Å². The highest BCUT2D eigenvalue weighted by atomic mass is 35.5. The molecular formula is C13H12ClN5. The standard InChI is InChI=1S/C13H12ClN5/c1-8-18-11-12(16-7-17-13(11)19-8)15-6-9-3-2-4-10(14)5-9/h2-5,7H,6H2,1H3,(H2,15,16,17,18,19). The number of benzene rings is 1. The van der Waals surface area contributed by atoms with E-state index in [1.807, 2.05) is 31.2 Å². The molecule has 0 saturated heterocycles. The first-order valence-electron chi connectivity index (χ1n) is 5.88. The fourth-order valence-electron chi connectivity index (χ4n) is 1.91. The zero-order valence-corrected chi connectivity index (χ0v) is 11.1. The lowest BCUT2D eigenvalue weighted by Gasteiger charge is -2.06. The van der Waals surface area contributed by atoms with Crippen LogP contribution >= 0.6 is 11.6 Å². The summed E-state index contributed by atoms with van der Waals surface area (Å²) >= 11 is 5.96. The van der Waals surface area contributed by atoms with Crippen LogP contribution < -0.4 is 5.32 Å². The Hall–Kier alpha value is -2.14. The lowest BCUT2D eigenvalue weighted by atomic mass is 10.2. The Balaban J connectivity index is 1.85. The van der Waals surface area contributed by atoms with Crippen LogP contribution in [0.25, 0.3) is 11.2 Å². The molecule has 0 aliphatic carbocycles. The van der Waals surface area contributed by atoms with Gasteiger partial charge < -0.3 is 10.3 Å². The van der Waals surface area contributed by atoms with Crippen LogP contribution in [0.1, 0.15) is 11.4 Å². The van der Waals surface area contributed by atoms with E-state index >= 15 is 0 Å². The highest BCUT2D eigenvalue weighted by Crippen LogP contribution is 2.18. The van der Waals surface area contributed by atoms with Crippen LogP contribution in [0.2, 0.25) is 5.02 Å². The molecule has 2 aromatic heterocycles. The topological polar surface area (TPSA) is 66.5 Å². The Kier molecular flexibility index (Phi) is 3.05. The lowest BCUT2D eigenvalue weighted by Crippen LogP contribution is -2.02. The third-order valence-corrected chi connectivity index (χ3v) is 2.99. The maximum atomic E-state index is 5.96. The second kappa shape index (κ2) is 4.85. The van der Waals surface area contributed by atoms with Gasteiger partial charge in [-0.2, -0.15) is 0 Å². The van der Waals surface area contributed by atoms with Crippen molar-refractivity contribution < 1.29 is 0 Å². The van der Waals surface area contributed by atoms with Crippen molar-refractivity contribution >= 4 is 28.6 Å². The molecule has 0 fully saturated rings. The molecule has 0 radical (unpaired) electrons. The molecule has 0 aliphatic rings. The molecular weight excluding hydrogens is 262 g/mol. The van der Waals surface area contributed by atoms with Gasteiger partial charge in [-0.3, -0.25) is 0 Å². The lowest BCUT2D eigenvalue weighted by molar-refractivity contribution is 1.10. The summed E-state index contributed by atoms with van der Waals surface area (Å²) in [7, 11) is 0. The van der Waals surface area contributed by atoms with Crippen molar-refractivity contribution in [2.75, 3.05) is 5.32 Å². The summed E-state index contributed by atoms with van der Waals surface area (Å²) in [6.45, 7) is 2.53. The molecule has 1 aromatic carbocycles. The van der Waals surface area contributed by atoms with Crippen molar-refractivity contribution in [3.05, 3.63) is 47.0 Å². The number of halogens is 1. The first-order chi connectivity index (χ1) is 9.22. The first kappa shape index (κ1) is 11.9. The number of hydrogen-bond acceptors (Lipinski definition) is 4. The van der Waals surface area contributed by atoms with Crippen LogP contribution in [0, 0.1) is 6.92 Å². The average Bonchev–Trinajstić information content (AvgIpc) is 2.77. The molecule has 0 bridgehead atoms. The number of imidazole rings is 1. The second-order valence-electron chi connectivity index (χ2n) is 4.23. The molecule has 6 heteroatoms. The van der Waals surface area contributed by atoms with Crippen molar-refractivity contribution in [1.29, 1.82) is 0 Å². The zero-order chi connectivity index (χ0) is 13.2. The zero-order valence-electron chi connectivity index (χ0n) is 10.3. The van der Waals surface area contributed by atoms with E-state index in [-0.39, 0.29) is 0 Å². The average molecular weight is 274 g/mol. The van der Waals surface area contributed by atoms with Gasteiger partial charge in [0.15, 0.2) is 11.5 Å². The fourth-order valence-corrected chi connectivity index (χ4v) is 2.12. The Morgan fingerprint density at radius 3 is 3.05 bits per heavy atom. The van der Waals surface area contributed by atoms with Gasteiger partial charge in [0.25, 0.3) is 0 Å². The fraction of sp³-hybridized carbons (Fsp3) is 0.154. The van der Waals surface area contributed by atoms with Gasteiger partial charge in [-0.25, -0.2) is 15.0 Å². The van der Waals surface area contributed by atoms with Gasteiger partial charge >= 0.3 is 0 Å². The van der Waals surface area contributed by atoms with Crippen molar-refractivity contribution in [1.82, 2.24) is 19.9 Å². The van der Waals surface area contributed by atoms with Crippen LogP contribution in [0.4, 0.5) is 5.82 Å². The molecule has 0 saturated carbocycles. The normalized spacial score (nSPS) is 10.8. The number of aryl methyl sites for hydroxylation is 1. The van der Waals surface area contributed by atoms with Crippen molar-refractivity contribution in [2.24, 2.45) is 0 Å². The second-order valence-corrected chi connectivity index (χ2v) is 4.66. The maximum absolute atomic E-state index is 5.96. The van der Waals surface area contributed by atoms with Crippen LogP contribution in [-0.4, -0.2) is 19.9 Å². The van der Waals surface area contributed by atoms with Crippen LogP contribution in [0.15, 0.2) is 30.6 Å².